The molecule has 28 heavy (non-hydrogen) atoms. The SMILES string of the molecule is CCCCc1cc(CCC(=O)OCCNC(=O)C(N)=O)cc(CCCC)c1O. The van der Waals surface area contributed by atoms with E-state index in [1.165, 1.54) is 0 Å². The molecule has 0 saturated heterocycles. The fourth-order valence-corrected chi connectivity index (χ4v) is 2.83. The van der Waals surface area contributed by atoms with Gasteiger partial charge in [-0.25, -0.2) is 0 Å². The standard InChI is InChI=1S/C21H32N2O5/c1-3-5-7-16-13-15(14-17(19(16)25)8-6-4-2)9-10-18(24)28-12-11-23-21(27)20(22)26/h13-14,25H,3-12H2,1-2H3,(H2,22,26)(H,23,27). The largest absolute Gasteiger partial charge is 0.507 e. The number of aryl methyl sites for hydroxylation is 3. The van der Waals surface area contributed by atoms with Crippen LogP contribution in [0.25, 0.3) is 0 Å². The van der Waals surface area contributed by atoms with Gasteiger partial charge >= 0.3 is 17.8 Å². The van der Waals surface area contributed by atoms with E-state index in [0.29, 0.717) is 12.2 Å². The quantitative estimate of drug-likeness (QED) is 0.286. The van der Waals surface area contributed by atoms with Crippen LogP contribution in [0.1, 0.15) is 62.6 Å². The average Bonchev–Trinajstić information content (AvgIpc) is 2.67. The second-order valence-electron chi connectivity index (χ2n) is 6.81. The van der Waals surface area contributed by atoms with Gasteiger partial charge in [0.2, 0.25) is 0 Å². The zero-order chi connectivity index (χ0) is 20.9. The Balaban J connectivity index is 2.60. The lowest BCUT2D eigenvalue weighted by atomic mass is 9.95. The minimum atomic E-state index is -1.07. The highest BCUT2D eigenvalue weighted by Gasteiger charge is 2.12. The highest BCUT2D eigenvalue weighted by molar-refractivity contribution is 6.34. The molecule has 0 unspecified atom stereocenters. The number of phenolic OH excluding ortho intramolecular Hbond substituents is 1. The molecule has 0 atom stereocenters. The number of benzene rings is 1. The number of nitrogens with two attached hydrogens (primary N) is 1. The Morgan fingerprint density at radius 3 is 2.11 bits per heavy atom. The summed E-state index contributed by atoms with van der Waals surface area (Å²) in [6.07, 6.45) is 6.46. The number of hydrogen-bond donors (Lipinski definition) is 3. The molecule has 1 rings (SSSR count). The number of aromatic hydroxyl groups is 1. The highest BCUT2D eigenvalue weighted by Crippen LogP contribution is 2.28. The monoisotopic (exact) mass is 392 g/mol. The van der Waals surface area contributed by atoms with Crippen LogP contribution >= 0.6 is 0 Å². The Bertz CT molecular complexity index is 644. The highest BCUT2D eigenvalue weighted by atomic mass is 16.5. The molecule has 1 aromatic rings. The summed E-state index contributed by atoms with van der Waals surface area (Å²) in [5.74, 6) is -1.97. The lowest BCUT2D eigenvalue weighted by molar-refractivity contribution is -0.144. The van der Waals surface area contributed by atoms with E-state index in [1.54, 1.807) is 0 Å². The zero-order valence-electron chi connectivity index (χ0n) is 16.9. The van der Waals surface area contributed by atoms with Crippen molar-refractivity contribution in [3.8, 4) is 5.75 Å². The number of carbonyl (C=O) groups excluding carboxylic acids is 3. The molecule has 0 aromatic heterocycles. The minimum absolute atomic E-state index is 0.0169. The van der Waals surface area contributed by atoms with Gasteiger partial charge in [0.25, 0.3) is 0 Å². The van der Waals surface area contributed by atoms with Crippen LogP contribution in [0.15, 0.2) is 12.1 Å². The van der Waals surface area contributed by atoms with Crippen molar-refractivity contribution in [2.24, 2.45) is 5.73 Å². The summed E-state index contributed by atoms with van der Waals surface area (Å²) < 4.78 is 5.05. The van der Waals surface area contributed by atoms with E-state index in [2.05, 4.69) is 19.2 Å². The van der Waals surface area contributed by atoms with E-state index in [-0.39, 0.29) is 25.5 Å². The first-order valence-corrected chi connectivity index (χ1v) is 9.95. The van der Waals surface area contributed by atoms with Gasteiger partial charge in [0.1, 0.15) is 12.4 Å². The number of amides is 2. The summed E-state index contributed by atoms with van der Waals surface area (Å²) in [6.45, 7) is 4.24. The van der Waals surface area contributed by atoms with Crippen molar-refractivity contribution in [3.63, 3.8) is 0 Å². The molecule has 0 radical (unpaired) electrons. The molecule has 4 N–H and O–H groups in total. The molecular weight excluding hydrogens is 360 g/mol. The Morgan fingerprint density at radius 2 is 1.61 bits per heavy atom. The summed E-state index contributed by atoms with van der Waals surface area (Å²) in [5, 5.41) is 12.8. The lowest BCUT2D eigenvalue weighted by Gasteiger charge is -2.13. The topological polar surface area (TPSA) is 119 Å². The number of phenols is 1. The third kappa shape index (κ3) is 8.41. The van der Waals surface area contributed by atoms with Gasteiger partial charge in [0.05, 0.1) is 6.54 Å². The van der Waals surface area contributed by atoms with E-state index >= 15 is 0 Å². The smallest absolute Gasteiger partial charge is 0.309 e. The Hall–Kier alpha value is -2.57. The lowest BCUT2D eigenvalue weighted by Crippen LogP contribution is -2.37. The second-order valence-corrected chi connectivity index (χ2v) is 6.81. The molecule has 0 saturated carbocycles. The molecule has 2 amide bonds. The summed E-state index contributed by atoms with van der Waals surface area (Å²) in [5.41, 5.74) is 7.69. The van der Waals surface area contributed by atoms with E-state index in [9.17, 15) is 19.5 Å². The first-order valence-electron chi connectivity index (χ1n) is 9.95. The van der Waals surface area contributed by atoms with Crippen LogP contribution in [-0.4, -0.2) is 36.0 Å². The molecular formula is C21H32N2O5. The van der Waals surface area contributed by atoms with Crippen LogP contribution in [0, 0.1) is 0 Å². The number of ether oxygens (including phenoxy) is 1. The zero-order valence-corrected chi connectivity index (χ0v) is 16.9. The number of esters is 1. The molecule has 1 aromatic carbocycles. The molecule has 7 heteroatoms. The number of hydrogen-bond acceptors (Lipinski definition) is 5. The predicted octanol–water partition coefficient (Wildman–Crippen LogP) is 2.15. The maximum atomic E-state index is 11.9. The van der Waals surface area contributed by atoms with Gasteiger partial charge in [-0.15, -0.1) is 0 Å². The van der Waals surface area contributed by atoms with Crippen molar-refractivity contribution in [1.82, 2.24) is 5.32 Å². The molecule has 156 valence electrons. The van der Waals surface area contributed by atoms with E-state index < -0.39 is 11.8 Å². The van der Waals surface area contributed by atoms with Gasteiger partial charge in [-0.2, -0.15) is 0 Å². The third-order valence-corrected chi connectivity index (χ3v) is 4.42. The van der Waals surface area contributed by atoms with Crippen LogP contribution in [0.2, 0.25) is 0 Å². The van der Waals surface area contributed by atoms with Crippen molar-refractivity contribution in [2.75, 3.05) is 13.2 Å². The van der Waals surface area contributed by atoms with Crippen LogP contribution in [-0.2, 0) is 38.4 Å². The van der Waals surface area contributed by atoms with Crippen molar-refractivity contribution in [1.29, 1.82) is 0 Å². The van der Waals surface area contributed by atoms with Crippen LogP contribution in [0.4, 0.5) is 0 Å². The molecule has 0 fully saturated rings. The van der Waals surface area contributed by atoms with Crippen molar-refractivity contribution < 1.29 is 24.2 Å². The number of nitrogens with one attached hydrogen (secondary N) is 1. The van der Waals surface area contributed by atoms with E-state index in [0.717, 1.165) is 55.2 Å². The van der Waals surface area contributed by atoms with Crippen LogP contribution in [0.5, 0.6) is 5.75 Å². The second kappa shape index (κ2) is 12.8. The van der Waals surface area contributed by atoms with Crippen molar-refractivity contribution in [2.45, 2.75) is 65.2 Å². The molecule has 0 aliphatic rings. The van der Waals surface area contributed by atoms with Crippen LogP contribution in [0.3, 0.4) is 0 Å². The molecule has 0 bridgehead atoms. The maximum absolute atomic E-state index is 11.9. The van der Waals surface area contributed by atoms with Crippen LogP contribution < -0.4 is 11.1 Å². The van der Waals surface area contributed by atoms with E-state index in [1.807, 2.05) is 12.1 Å². The maximum Gasteiger partial charge on any atom is 0.309 e. The van der Waals surface area contributed by atoms with Gasteiger partial charge < -0.3 is 20.9 Å². The van der Waals surface area contributed by atoms with Crippen molar-refractivity contribution in [3.05, 3.63) is 28.8 Å². The summed E-state index contributed by atoms with van der Waals surface area (Å²) in [7, 11) is 0. The minimum Gasteiger partial charge on any atom is -0.507 e. The molecule has 7 nitrogen and oxygen atoms in total. The first-order chi connectivity index (χ1) is 13.4. The fourth-order valence-electron chi connectivity index (χ4n) is 2.83. The van der Waals surface area contributed by atoms with Gasteiger partial charge in [0, 0.05) is 6.42 Å². The Morgan fingerprint density at radius 1 is 1.04 bits per heavy atom. The number of unbranched alkanes of at least 4 members (excludes halogenated alkanes) is 2. The number of primary amides is 1. The first kappa shape index (κ1) is 23.5. The summed E-state index contributed by atoms with van der Waals surface area (Å²) in [6, 6.07) is 3.95. The van der Waals surface area contributed by atoms with Crippen molar-refractivity contribution >= 4 is 17.8 Å². The van der Waals surface area contributed by atoms with Gasteiger partial charge in [-0.3, -0.25) is 14.4 Å². The normalized spacial score (nSPS) is 10.5. The Labute approximate surface area is 166 Å². The van der Waals surface area contributed by atoms with Gasteiger partial charge in [-0.1, -0.05) is 38.8 Å². The van der Waals surface area contributed by atoms with Gasteiger partial charge in [0.15, 0.2) is 0 Å². The summed E-state index contributed by atoms with van der Waals surface area (Å²) >= 11 is 0. The molecule has 0 heterocycles. The van der Waals surface area contributed by atoms with Gasteiger partial charge in [-0.05, 0) is 48.8 Å². The number of carbonyl (C=O) groups is 3. The third-order valence-electron chi connectivity index (χ3n) is 4.42. The number of rotatable bonds is 12. The Kier molecular flexibility index (Phi) is 10.7. The summed E-state index contributed by atoms with van der Waals surface area (Å²) in [4.78, 5) is 33.5. The molecule has 0 aliphatic heterocycles. The fraction of sp³-hybridized carbons (Fsp3) is 0.571. The molecule has 0 aliphatic carbocycles. The van der Waals surface area contributed by atoms with E-state index in [4.69, 9.17) is 10.5 Å². The average molecular weight is 392 g/mol. The molecule has 0 spiro atoms. The predicted molar refractivity (Wildman–Crippen MR) is 107 cm³/mol.